The lowest BCUT2D eigenvalue weighted by atomic mass is 10.0. The summed E-state index contributed by atoms with van der Waals surface area (Å²) in [4.78, 5) is 4.65. The normalized spacial score (nSPS) is 13.5. The van der Waals surface area contributed by atoms with E-state index in [1.54, 1.807) is 0 Å². The molecule has 176 valence electrons. The van der Waals surface area contributed by atoms with Crippen molar-refractivity contribution in [2.45, 2.75) is 19.8 Å². The molecular formula is C33H34N2. The predicted molar refractivity (Wildman–Crippen MR) is 153 cm³/mol. The average molecular weight is 459 g/mol. The number of hydrogen-bond acceptors (Lipinski definition) is 2. The summed E-state index contributed by atoms with van der Waals surface area (Å²) in [7, 11) is 2.12. The van der Waals surface area contributed by atoms with E-state index < -0.39 is 0 Å². The Kier molecular flexibility index (Phi) is 8.19. The summed E-state index contributed by atoms with van der Waals surface area (Å²) in [6.07, 6.45) is 17.0. The van der Waals surface area contributed by atoms with Crippen LogP contribution in [0.15, 0.2) is 134 Å². The third-order valence-electron chi connectivity index (χ3n) is 6.32. The molecule has 0 N–H and O–H groups in total. The number of hydrogen-bond donors (Lipinski definition) is 0. The minimum absolute atomic E-state index is 0.790. The first kappa shape index (κ1) is 24.1. The van der Waals surface area contributed by atoms with Crippen LogP contribution in [0.3, 0.4) is 0 Å². The van der Waals surface area contributed by atoms with Gasteiger partial charge in [-0.25, -0.2) is 0 Å². The zero-order chi connectivity index (χ0) is 24.5. The van der Waals surface area contributed by atoms with Crippen molar-refractivity contribution in [3.8, 4) is 0 Å². The van der Waals surface area contributed by atoms with Crippen molar-refractivity contribution in [3.63, 3.8) is 0 Å². The minimum atomic E-state index is 0.790. The maximum Gasteiger partial charge on any atom is 0.0417 e. The van der Waals surface area contributed by atoms with Gasteiger partial charge in [0.15, 0.2) is 0 Å². The van der Waals surface area contributed by atoms with Gasteiger partial charge in [0, 0.05) is 36.4 Å². The van der Waals surface area contributed by atoms with Gasteiger partial charge in [-0.1, -0.05) is 91.1 Å². The van der Waals surface area contributed by atoms with Gasteiger partial charge in [-0.15, -0.1) is 0 Å². The standard InChI is InChI=1S/C33H34N2/c1-4-5-12-29(28-13-8-6-9-14-28)25-26-35(32-15-10-7-11-16-32)33-23-21-31(22-24-33)34(3)30-19-17-27(2)18-20-30/h4-10,12-15,17-25H,1,11,16,26H2,2-3H3/b12-5-,29-25+. The first-order chi connectivity index (χ1) is 17.2. The van der Waals surface area contributed by atoms with Gasteiger partial charge in [0.2, 0.25) is 0 Å². The van der Waals surface area contributed by atoms with E-state index >= 15 is 0 Å². The molecule has 0 aromatic heterocycles. The first-order valence-corrected chi connectivity index (χ1v) is 12.2. The highest BCUT2D eigenvalue weighted by Gasteiger charge is 2.13. The van der Waals surface area contributed by atoms with E-state index in [1.807, 2.05) is 12.2 Å². The van der Waals surface area contributed by atoms with E-state index in [0.717, 1.165) is 19.4 Å². The van der Waals surface area contributed by atoms with Crippen molar-refractivity contribution < 1.29 is 0 Å². The maximum atomic E-state index is 3.85. The highest BCUT2D eigenvalue weighted by molar-refractivity contribution is 5.75. The highest BCUT2D eigenvalue weighted by Crippen LogP contribution is 2.30. The number of nitrogens with zero attached hydrogens (tertiary/aromatic N) is 2. The number of benzene rings is 3. The Balaban J connectivity index is 1.62. The fourth-order valence-corrected chi connectivity index (χ4v) is 4.25. The van der Waals surface area contributed by atoms with Crippen LogP contribution in [0, 0.1) is 6.92 Å². The molecule has 0 amide bonds. The summed E-state index contributed by atoms with van der Waals surface area (Å²) in [6.45, 7) is 6.75. The van der Waals surface area contributed by atoms with E-state index in [0.29, 0.717) is 0 Å². The van der Waals surface area contributed by atoms with Gasteiger partial charge >= 0.3 is 0 Å². The van der Waals surface area contributed by atoms with Crippen molar-refractivity contribution in [1.82, 2.24) is 0 Å². The molecule has 1 aliphatic rings. The summed E-state index contributed by atoms with van der Waals surface area (Å²) in [6, 6.07) is 28.1. The zero-order valence-corrected chi connectivity index (χ0v) is 20.8. The molecule has 35 heavy (non-hydrogen) atoms. The third kappa shape index (κ3) is 6.30. The molecule has 2 nitrogen and oxygen atoms in total. The van der Waals surface area contributed by atoms with Gasteiger partial charge in [-0.2, -0.15) is 0 Å². The van der Waals surface area contributed by atoms with Crippen LogP contribution < -0.4 is 9.80 Å². The van der Waals surface area contributed by atoms with Crippen molar-refractivity contribution in [3.05, 3.63) is 145 Å². The maximum absolute atomic E-state index is 3.85. The minimum Gasteiger partial charge on any atom is -0.345 e. The van der Waals surface area contributed by atoms with Gasteiger partial charge in [-0.3, -0.25) is 0 Å². The van der Waals surface area contributed by atoms with E-state index in [9.17, 15) is 0 Å². The van der Waals surface area contributed by atoms with E-state index in [1.165, 1.54) is 39.5 Å². The molecule has 0 spiro atoms. The fourth-order valence-electron chi connectivity index (χ4n) is 4.25. The molecule has 3 aromatic carbocycles. The Bertz CT molecular complexity index is 1230. The summed E-state index contributed by atoms with van der Waals surface area (Å²) in [5.74, 6) is 0. The summed E-state index contributed by atoms with van der Waals surface area (Å²) in [5.41, 5.74) is 8.56. The van der Waals surface area contributed by atoms with Crippen LogP contribution >= 0.6 is 0 Å². The third-order valence-corrected chi connectivity index (χ3v) is 6.32. The van der Waals surface area contributed by atoms with Gasteiger partial charge in [0.05, 0.1) is 0 Å². The Labute approximate surface area is 210 Å². The smallest absolute Gasteiger partial charge is 0.0417 e. The van der Waals surface area contributed by atoms with Crippen LogP contribution in [-0.4, -0.2) is 13.6 Å². The van der Waals surface area contributed by atoms with Crippen LogP contribution in [0.2, 0.25) is 0 Å². The van der Waals surface area contributed by atoms with E-state index in [-0.39, 0.29) is 0 Å². The Hall–Kier alpha value is -4.04. The molecule has 0 atom stereocenters. The second-order valence-electron chi connectivity index (χ2n) is 8.77. The van der Waals surface area contributed by atoms with Crippen molar-refractivity contribution in [1.29, 1.82) is 0 Å². The molecule has 0 fully saturated rings. The number of anilines is 3. The van der Waals surface area contributed by atoms with Crippen molar-refractivity contribution >= 4 is 22.6 Å². The predicted octanol–water partition coefficient (Wildman–Crippen LogP) is 8.63. The zero-order valence-electron chi connectivity index (χ0n) is 20.8. The average Bonchev–Trinajstić information content (AvgIpc) is 2.92. The quantitative estimate of drug-likeness (QED) is 0.296. The van der Waals surface area contributed by atoms with Crippen molar-refractivity contribution in [2.75, 3.05) is 23.4 Å². The van der Waals surface area contributed by atoms with Crippen LogP contribution in [0.4, 0.5) is 17.1 Å². The summed E-state index contributed by atoms with van der Waals surface area (Å²) >= 11 is 0. The monoisotopic (exact) mass is 458 g/mol. The van der Waals surface area contributed by atoms with E-state index in [4.69, 9.17) is 0 Å². The Morgan fingerprint density at radius 1 is 0.886 bits per heavy atom. The molecule has 3 aromatic rings. The molecule has 0 bridgehead atoms. The number of aryl methyl sites for hydroxylation is 1. The highest BCUT2D eigenvalue weighted by atomic mass is 15.1. The molecule has 2 heteroatoms. The molecule has 0 saturated carbocycles. The van der Waals surface area contributed by atoms with Gasteiger partial charge < -0.3 is 9.80 Å². The molecule has 0 saturated heterocycles. The second-order valence-corrected chi connectivity index (χ2v) is 8.77. The SMILES string of the molecule is C=C/C=C\C(=C/CN(C1=CC=CCC1)c1ccc(N(C)c2ccc(C)cc2)cc1)c1ccccc1. The molecule has 0 aliphatic heterocycles. The number of rotatable bonds is 9. The fraction of sp³-hybridized carbons (Fsp3) is 0.152. The van der Waals surface area contributed by atoms with Crippen LogP contribution in [0.5, 0.6) is 0 Å². The topological polar surface area (TPSA) is 6.48 Å². The van der Waals surface area contributed by atoms with Crippen LogP contribution in [-0.2, 0) is 0 Å². The van der Waals surface area contributed by atoms with Crippen molar-refractivity contribution in [2.24, 2.45) is 0 Å². The van der Waals surface area contributed by atoms with Crippen LogP contribution in [0.1, 0.15) is 24.0 Å². The number of allylic oxidation sites excluding steroid dienone is 8. The van der Waals surface area contributed by atoms with Gasteiger partial charge in [0.25, 0.3) is 0 Å². The Morgan fingerprint density at radius 3 is 2.17 bits per heavy atom. The summed E-state index contributed by atoms with van der Waals surface area (Å²) in [5, 5.41) is 0. The van der Waals surface area contributed by atoms with E-state index in [2.05, 4.69) is 140 Å². The van der Waals surface area contributed by atoms with Gasteiger partial charge in [-0.05, 0) is 73.4 Å². The lowest BCUT2D eigenvalue weighted by molar-refractivity contribution is 0.869. The molecular weight excluding hydrogens is 424 g/mol. The molecule has 0 unspecified atom stereocenters. The molecule has 0 heterocycles. The molecule has 4 rings (SSSR count). The van der Waals surface area contributed by atoms with Crippen LogP contribution in [0.25, 0.3) is 5.57 Å². The largest absolute Gasteiger partial charge is 0.345 e. The molecule has 0 radical (unpaired) electrons. The lowest BCUT2D eigenvalue weighted by Crippen LogP contribution is -2.23. The summed E-state index contributed by atoms with van der Waals surface area (Å²) < 4.78 is 0. The molecule has 1 aliphatic carbocycles. The van der Waals surface area contributed by atoms with Gasteiger partial charge in [0.1, 0.15) is 0 Å². The second kappa shape index (κ2) is 11.9. The first-order valence-electron chi connectivity index (χ1n) is 12.2. The Morgan fingerprint density at radius 2 is 1.54 bits per heavy atom. The lowest BCUT2D eigenvalue weighted by Gasteiger charge is -2.29.